The molecule has 0 unspecified atom stereocenters. The van der Waals surface area contributed by atoms with Crippen molar-refractivity contribution in [1.82, 2.24) is 9.55 Å². The first-order valence-corrected chi connectivity index (χ1v) is 11.0. The Kier molecular flexibility index (Phi) is 7.00. The van der Waals surface area contributed by atoms with Gasteiger partial charge in [0.15, 0.2) is 0 Å². The maximum absolute atomic E-state index is 6.09. The van der Waals surface area contributed by atoms with Gasteiger partial charge in [0.05, 0.1) is 5.52 Å². The largest absolute Gasteiger partial charge is 0.487 e. The highest BCUT2D eigenvalue weighted by Gasteiger charge is 2.17. The molecule has 2 aromatic heterocycles. The molecule has 0 amide bonds. The van der Waals surface area contributed by atoms with Crippen molar-refractivity contribution in [2.45, 2.75) is 60.1 Å². The summed E-state index contributed by atoms with van der Waals surface area (Å²) < 4.78 is 8.47. The fourth-order valence-corrected chi connectivity index (χ4v) is 4.05. The Balaban J connectivity index is 0.00000289. The number of hydrogen-bond acceptors (Lipinski definition) is 2. The highest BCUT2D eigenvalue weighted by atomic mass is 35.5. The second-order valence-corrected chi connectivity index (χ2v) is 9.50. The normalized spacial score (nSPS) is 11.4. The van der Waals surface area contributed by atoms with Crippen molar-refractivity contribution in [3.8, 4) is 5.75 Å². The molecule has 0 aliphatic heterocycles. The average Bonchev–Trinajstić information content (AvgIpc) is 2.98. The number of pyridine rings is 1. The summed E-state index contributed by atoms with van der Waals surface area (Å²) in [6.45, 7) is 14.5. The lowest BCUT2D eigenvalue weighted by molar-refractivity contribution is 0.302. The topological polar surface area (TPSA) is 27.1 Å². The second-order valence-electron chi connectivity index (χ2n) is 9.50. The zero-order valence-electron chi connectivity index (χ0n) is 19.9. The summed E-state index contributed by atoms with van der Waals surface area (Å²) in [7, 11) is 0. The van der Waals surface area contributed by atoms with Crippen LogP contribution in [-0.4, -0.2) is 9.55 Å². The summed E-state index contributed by atoms with van der Waals surface area (Å²) in [6, 6.07) is 19.3. The monoisotopic (exact) mass is 448 g/mol. The molecule has 4 heteroatoms. The SMILES string of the molecule is Cc1ccc(OCc2nccc3c(C)c(C)n(Cc4ccc(C(C)(C)C)cc4)c23)cc1.Cl. The van der Waals surface area contributed by atoms with E-state index in [2.05, 4.69) is 88.6 Å². The first-order chi connectivity index (χ1) is 14.7. The molecule has 4 rings (SSSR count). The first-order valence-electron chi connectivity index (χ1n) is 11.0. The molecule has 0 fully saturated rings. The van der Waals surface area contributed by atoms with Gasteiger partial charge in [-0.15, -0.1) is 12.4 Å². The van der Waals surface area contributed by atoms with Crippen molar-refractivity contribution < 1.29 is 4.74 Å². The predicted molar refractivity (Wildman–Crippen MR) is 136 cm³/mol. The Labute approximate surface area is 197 Å². The van der Waals surface area contributed by atoms with Gasteiger partial charge in [0.25, 0.3) is 0 Å². The van der Waals surface area contributed by atoms with Gasteiger partial charge in [-0.3, -0.25) is 4.98 Å². The van der Waals surface area contributed by atoms with Crippen LogP contribution in [-0.2, 0) is 18.6 Å². The smallest absolute Gasteiger partial charge is 0.132 e. The molecule has 4 aromatic rings. The van der Waals surface area contributed by atoms with Crippen LogP contribution in [0.5, 0.6) is 5.75 Å². The van der Waals surface area contributed by atoms with Crippen LogP contribution in [0, 0.1) is 20.8 Å². The number of aromatic nitrogens is 2. The van der Waals surface area contributed by atoms with Crippen LogP contribution in [0.4, 0.5) is 0 Å². The van der Waals surface area contributed by atoms with Gasteiger partial charge in [0, 0.05) is 23.8 Å². The van der Waals surface area contributed by atoms with Crippen LogP contribution < -0.4 is 4.74 Å². The Morgan fingerprint density at radius 2 is 1.53 bits per heavy atom. The highest BCUT2D eigenvalue weighted by Crippen LogP contribution is 2.29. The van der Waals surface area contributed by atoms with E-state index in [0.29, 0.717) is 6.61 Å². The minimum atomic E-state index is 0. The molecule has 0 aliphatic carbocycles. The predicted octanol–water partition coefficient (Wildman–Crippen LogP) is 7.31. The molecule has 168 valence electrons. The molecule has 0 radical (unpaired) electrons. The molecular formula is C28H33ClN2O. The standard InChI is InChI=1S/C28H32N2O.ClH/c1-19-7-13-24(14-8-19)31-18-26-27-25(15-16-29-26)20(2)21(3)30(27)17-22-9-11-23(12-10-22)28(4,5)6;/h7-16H,17-18H2,1-6H3;1H. The van der Waals surface area contributed by atoms with Crippen LogP contribution in [0.2, 0.25) is 0 Å². The van der Waals surface area contributed by atoms with E-state index in [-0.39, 0.29) is 17.8 Å². The molecule has 0 atom stereocenters. The molecule has 0 saturated heterocycles. The zero-order chi connectivity index (χ0) is 22.2. The van der Waals surface area contributed by atoms with Crippen LogP contribution in [0.1, 0.15) is 54.4 Å². The minimum absolute atomic E-state index is 0. The lowest BCUT2D eigenvalue weighted by Gasteiger charge is -2.19. The fourth-order valence-electron chi connectivity index (χ4n) is 4.05. The van der Waals surface area contributed by atoms with Crippen LogP contribution >= 0.6 is 12.4 Å². The third-order valence-corrected chi connectivity index (χ3v) is 6.18. The second kappa shape index (κ2) is 9.38. The number of benzene rings is 2. The van der Waals surface area contributed by atoms with E-state index in [1.165, 1.54) is 38.9 Å². The summed E-state index contributed by atoms with van der Waals surface area (Å²) in [4.78, 5) is 4.70. The van der Waals surface area contributed by atoms with Gasteiger partial charge in [-0.2, -0.15) is 0 Å². The van der Waals surface area contributed by atoms with Gasteiger partial charge in [0.1, 0.15) is 18.1 Å². The van der Waals surface area contributed by atoms with E-state index in [4.69, 9.17) is 9.72 Å². The molecule has 0 spiro atoms. The average molecular weight is 449 g/mol. The van der Waals surface area contributed by atoms with E-state index in [9.17, 15) is 0 Å². The lowest BCUT2D eigenvalue weighted by Crippen LogP contribution is -2.11. The van der Waals surface area contributed by atoms with E-state index < -0.39 is 0 Å². The molecule has 0 aliphatic rings. The number of rotatable bonds is 5. The number of aryl methyl sites for hydroxylation is 2. The van der Waals surface area contributed by atoms with Gasteiger partial charge in [-0.05, 0) is 61.1 Å². The number of nitrogens with zero attached hydrogens (tertiary/aromatic N) is 2. The van der Waals surface area contributed by atoms with Crippen molar-refractivity contribution in [3.63, 3.8) is 0 Å². The lowest BCUT2D eigenvalue weighted by atomic mass is 9.87. The third-order valence-electron chi connectivity index (χ3n) is 6.18. The van der Waals surface area contributed by atoms with Crippen molar-refractivity contribution >= 4 is 23.3 Å². The Morgan fingerprint density at radius 1 is 0.875 bits per heavy atom. The molecule has 3 nitrogen and oxygen atoms in total. The molecule has 2 heterocycles. The molecule has 0 N–H and O–H groups in total. The van der Waals surface area contributed by atoms with E-state index in [1.807, 2.05) is 18.3 Å². The Bertz CT molecular complexity index is 1200. The maximum Gasteiger partial charge on any atom is 0.132 e. The molecule has 0 saturated carbocycles. The van der Waals surface area contributed by atoms with Crippen LogP contribution in [0.3, 0.4) is 0 Å². The van der Waals surface area contributed by atoms with Gasteiger partial charge < -0.3 is 9.30 Å². The quantitative estimate of drug-likeness (QED) is 0.320. The van der Waals surface area contributed by atoms with Crippen molar-refractivity contribution in [2.24, 2.45) is 0 Å². The number of halogens is 1. The summed E-state index contributed by atoms with van der Waals surface area (Å²) in [5.41, 5.74) is 8.77. The van der Waals surface area contributed by atoms with Crippen molar-refractivity contribution in [2.75, 3.05) is 0 Å². The fraction of sp³-hybridized carbons (Fsp3) is 0.321. The Hall–Kier alpha value is -2.78. The summed E-state index contributed by atoms with van der Waals surface area (Å²) in [5.74, 6) is 0.869. The molecular weight excluding hydrogens is 416 g/mol. The molecule has 32 heavy (non-hydrogen) atoms. The first kappa shape index (κ1) is 23.9. The van der Waals surface area contributed by atoms with Gasteiger partial charge in [0.2, 0.25) is 0 Å². The number of hydrogen-bond donors (Lipinski definition) is 0. The summed E-state index contributed by atoms with van der Waals surface area (Å²) in [6.07, 6.45) is 1.89. The van der Waals surface area contributed by atoms with Gasteiger partial charge in [-0.1, -0.05) is 62.7 Å². The zero-order valence-corrected chi connectivity index (χ0v) is 20.7. The maximum atomic E-state index is 6.09. The molecule has 0 bridgehead atoms. The summed E-state index contributed by atoms with van der Waals surface area (Å²) in [5, 5.41) is 1.25. The summed E-state index contributed by atoms with van der Waals surface area (Å²) >= 11 is 0. The third kappa shape index (κ3) is 4.83. The van der Waals surface area contributed by atoms with E-state index in [0.717, 1.165) is 18.0 Å². The van der Waals surface area contributed by atoms with E-state index >= 15 is 0 Å². The van der Waals surface area contributed by atoms with Crippen LogP contribution in [0.25, 0.3) is 10.9 Å². The van der Waals surface area contributed by atoms with E-state index in [1.54, 1.807) is 0 Å². The van der Waals surface area contributed by atoms with Crippen molar-refractivity contribution in [1.29, 1.82) is 0 Å². The van der Waals surface area contributed by atoms with Gasteiger partial charge in [-0.25, -0.2) is 0 Å². The highest BCUT2D eigenvalue weighted by molar-refractivity contribution is 5.87. The van der Waals surface area contributed by atoms with Crippen LogP contribution in [0.15, 0.2) is 60.8 Å². The van der Waals surface area contributed by atoms with Crippen molar-refractivity contribution in [3.05, 3.63) is 94.4 Å². The number of ether oxygens (including phenoxy) is 1. The number of fused-ring (bicyclic) bond motifs is 1. The Morgan fingerprint density at radius 3 is 2.16 bits per heavy atom. The van der Waals surface area contributed by atoms with Gasteiger partial charge >= 0.3 is 0 Å². The minimum Gasteiger partial charge on any atom is -0.487 e. The molecule has 2 aromatic carbocycles.